The van der Waals surface area contributed by atoms with Crippen LogP contribution >= 0.6 is 11.3 Å². The van der Waals surface area contributed by atoms with Crippen molar-refractivity contribution in [2.24, 2.45) is 0 Å². The van der Waals surface area contributed by atoms with Crippen molar-refractivity contribution in [1.82, 2.24) is 10.3 Å². The number of rotatable bonds is 2. The number of Topliss-reactive ketones (excluding diaryl/α,β-unsaturated/α-hetero) is 1. The molecular formula is C10H14N2O2S. The molecule has 1 N–H and O–H groups in total. The summed E-state index contributed by atoms with van der Waals surface area (Å²) in [6.07, 6.45) is 0. The van der Waals surface area contributed by atoms with Gasteiger partial charge in [-0.05, 0) is 0 Å². The van der Waals surface area contributed by atoms with Crippen molar-refractivity contribution in [2.45, 2.75) is 26.2 Å². The van der Waals surface area contributed by atoms with Gasteiger partial charge in [-0.3, -0.25) is 9.59 Å². The molecule has 0 atom stereocenters. The lowest BCUT2D eigenvalue weighted by atomic mass is 9.98. The molecule has 1 aromatic heterocycles. The Bertz CT molecular complexity index is 390. The summed E-state index contributed by atoms with van der Waals surface area (Å²) in [5, 5.41) is 4.77. The number of amides is 1. The molecule has 82 valence electrons. The van der Waals surface area contributed by atoms with Crippen LogP contribution in [-0.2, 0) is 10.2 Å². The first-order valence-corrected chi connectivity index (χ1v) is 5.46. The first-order chi connectivity index (χ1) is 6.86. The Morgan fingerprint density at radius 3 is 2.40 bits per heavy atom. The molecule has 0 aromatic carbocycles. The number of carbonyl (C=O) groups excluding carboxylic acids is 2. The monoisotopic (exact) mass is 226 g/mol. The molecule has 0 saturated heterocycles. The summed E-state index contributed by atoms with van der Waals surface area (Å²) in [6.45, 7) is 6.04. The molecule has 0 aliphatic carbocycles. The Hall–Kier alpha value is -1.23. The highest BCUT2D eigenvalue weighted by Crippen LogP contribution is 2.25. The lowest BCUT2D eigenvalue weighted by Gasteiger charge is -2.13. The zero-order chi connectivity index (χ0) is 11.6. The van der Waals surface area contributed by atoms with Crippen molar-refractivity contribution in [2.75, 3.05) is 7.05 Å². The highest BCUT2D eigenvalue weighted by molar-refractivity contribution is 7.10. The minimum atomic E-state index is -0.624. The molecule has 0 aliphatic heterocycles. The van der Waals surface area contributed by atoms with Gasteiger partial charge in [-0.2, -0.15) is 0 Å². The summed E-state index contributed by atoms with van der Waals surface area (Å²) < 4.78 is 0. The molecular weight excluding hydrogens is 212 g/mol. The van der Waals surface area contributed by atoms with Crippen molar-refractivity contribution in [3.05, 3.63) is 16.1 Å². The average molecular weight is 226 g/mol. The van der Waals surface area contributed by atoms with Gasteiger partial charge in [-0.1, -0.05) is 20.8 Å². The van der Waals surface area contributed by atoms with E-state index in [4.69, 9.17) is 0 Å². The maximum atomic E-state index is 11.4. The molecule has 1 amide bonds. The first kappa shape index (κ1) is 11.8. The zero-order valence-electron chi connectivity index (χ0n) is 9.25. The third-order valence-corrected chi connectivity index (χ3v) is 3.08. The van der Waals surface area contributed by atoms with Crippen molar-refractivity contribution in [3.63, 3.8) is 0 Å². The second-order valence-electron chi connectivity index (χ2n) is 4.20. The van der Waals surface area contributed by atoms with Crippen LogP contribution in [0.3, 0.4) is 0 Å². The smallest absolute Gasteiger partial charge is 0.293 e. The summed E-state index contributed by atoms with van der Waals surface area (Å²) in [7, 11) is 1.43. The molecule has 1 aromatic rings. The second-order valence-corrected chi connectivity index (χ2v) is 5.05. The van der Waals surface area contributed by atoms with E-state index in [0.717, 1.165) is 5.01 Å². The highest BCUT2D eigenvalue weighted by Gasteiger charge is 2.22. The number of hydrogen-bond acceptors (Lipinski definition) is 4. The Morgan fingerprint density at radius 2 is 2.00 bits per heavy atom. The topological polar surface area (TPSA) is 59.1 Å². The van der Waals surface area contributed by atoms with Gasteiger partial charge in [0, 0.05) is 17.8 Å². The molecule has 1 heterocycles. The number of carbonyl (C=O) groups is 2. The molecule has 0 unspecified atom stereocenters. The summed E-state index contributed by atoms with van der Waals surface area (Å²) in [5.74, 6) is -1.20. The number of thiazole rings is 1. The Morgan fingerprint density at radius 1 is 1.40 bits per heavy atom. The van der Waals surface area contributed by atoms with Crippen LogP contribution in [0.25, 0.3) is 0 Å². The molecule has 5 heteroatoms. The van der Waals surface area contributed by atoms with Crippen molar-refractivity contribution in [1.29, 1.82) is 0 Å². The van der Waals surface area contributed by atoms with Gasteiger partial charge in [0.25, 0.3) is 11.7 Å². The van der Waals surface area contributed by atoms with Gasteiger partial charge in [0.05, 0.1) is 5.01 Å². The number of nitrogens with zero attached hydrogens (tertiary/aromatic N) is 1. The fourth-order valence-corrected chi connectivity index (χ4v) is 1.84. The van der Waals surface area contributed by atoms with E-state index in [-0.39, 0.29) is 11.1 Å². The second kappa shape index (κ2) is 4.10. The highest BCUT2D eigenvalue weighted by atomic mass is 32.1. The van der Waals surface area contributed by atoms with Crippen LogP contribution in [-0.4, -0.2) is 23.7 Å². The van der Waals surface area contributed by atoms with Crippen LogP contribution < -0.4 is 5.32 Å². The van der Waals surface area contributed by atoms with E-state index in [9.17, 15) is 9.59 Å². The largest absolute Gasteiger partial charge is 0.352 e. The van der Waals surface area contributed by atoms with Gasteiger partial charge in [0.2, 0.25) is 0 Å². The summed E-state index contributed by atoms with van der Waals surface area (Å²) in [5.41, 5.74) is 0.135. The maximum absolute atomic E-state index is 11.4. The van der Waals surface area contributed by atoms with E-state index in [1.165, 1.54) is 18.4 Å². The van der Waals surface area contributed by atoms with Crippen molar-refractivity contribution < 1.29 is 9.59 Å². The maximum Gasteiger partial charge on any atom is 0.293 e. The third-order valence-electron chi connectivity index (χ3n) is 1.81. The standard InChI is InChI=1S/C10H14N2O2S/c1-10(2,3)9-12-6(5-15-9)7(13)8(14)11-4/h5H,1-4H3,(H,11,14). The molecule has 0 fully saturated rings. The van der Waals surface area contributed by atoms with Crippen LogP contribution in [0.1, 0.15) is 36.3 Å². The predicted octanol–water partition coefficient (Wildman–Crippen LogP) is 1.37. The van der Waals surface area contributed by atoms with E-state index in [2.05, 4.69) is 10.3 Å². The minimum Gasteiger partial charge on any atom is -0.352 e. The van der Waals surface area contributed by atoms with Gasteiger partial charge >= 0.3 is 0 Å². The molecule has 0 bridgehead atoms. The number of likely N-dealkylation sites (N-methyl/N-ethyl adjacent to an activating group) is 1. The van der Waals surface area contributed by atoms with E-state index >= 15 is 0 Å². The fraction of sp³-hybridized carbons (Fsp3) is 0.500. The SMILES string of the molecule is CNC(=O)C(=O)c1csc(C(C)(C)C)n1. The number of aromatic nitrogens is 1. The summed E-state index contributed by atoms with van der Waals surface area (Å²) >= 11 is 1.40. The summed E-state index contributed by atoms with van der Waals surface area (Å²) in [4.78, 5) is 26.7. The quantitative estimate of drug-likeness (QED) is 0.612. The Labute approximate surface area is 92.7 Å². The molecule has 0 aliphatic rings. The van der Waals surface area contributed by atoms with Crippen LogP contribution in [0.2, 0.25) is 0 Å². The Balaban J connectivity index is 2.95. The first-order valence-electron chi connectivity index (χ1n) is 4.58. The molecule has 0 spiro atoms. The van der Waals surface area contributed by atoms with Crippen molar-refractivity contribution >= 4 is 23.0 Å². The molecule has 0 radical (unpaired) electrons. The average Bonchev–Trinajstić information content (AvgIpc) is 2.63. The number of nitrogens with one attached hydrogen (secondary N) is 1. The molecule has 4 nitrogen and oxygen atoms in total. The van der Waals surface area contributed by atoms with Gasteiger partial charge < -0.3 is 5.32 Å². The van der Waals surface area contributed by atoms with Crippen LogP contribution in [0.4, 0.5) is 0 Å². The normalized spacial score (nSPS) is 11.2. The zero-order valence-corrected chi connectivity index (χ0v) is 10.1. The lowest BCUT2D eigenvalue weighted by molar-refractivity contribution is -0.116. The van der Waals surface area contributed by atoms with E-state index in [0.29, 0.717) is 0 Å². The Kier molecular flexibility index (Phi) is 3.24. The van der Waals surface area contributed by atoms with Gasteiger partial charge in [-0.25, -0.2) is 4.98 Å². The van der Waals surface area contributed by atoms with Crippen LogP contribution in [0, 0.1) is 0 Å². The van der Waals surface area contributed by atoms with Gasteiger partial charge in [0.15, 0.2) is 0 Å². The number of ketones is 1. The predicted molar refractivity (Wildman–Crippen MR) is 59.2 cm³/mol. The minimum absolute atomic E-state index is 0.0914. The molecule has 1 rings (SSSR count). The molecule has 0 saturated carbocycles. The van der Waals surface area contributed by atoms with E-state index in [1.54, 1.807) is 5.38 Å². The summed E-state index contributed by atoms with van der Waals surface area (Å²) in [6, 6.07) is 0. The van der Waals surface area contributed by atoms with E-state index < -0.39 is 11.7 Å². The fourth-order valence-electron chi connectivity index (χ4n) is 0.952. The van der Waals surface area contributed by atoms with E-state index in [1.807, 2.05) is 20.8 Å². The van der Waals surface area contributed by atoms with Gasteiger partial charge in [-0.15, -0.1) is 11.3 Å². The van der Waals surface area contributed by atoms with Gasteiger partial charge in [0.1, 0.15) is 5.69 Å². The van der Waals surface area contributed by atoms with Crippen molar-refractivity contribution in [3.8, 4) is 0 Å². The lowest BCUT2D eigenvalue weighted by Crippen LogP contribution is -2.27. The third kappa shape index (κ3) is 2.62. The molecule has 15 heavy (non-hydrogen) atoms. The number of hydrogen-bond donors (Lipinski definition) is 1. The van der Waals surface area contributed by atoms with Crippen LogP contribution in [0.15, 0.2) is 5.38 Å². The van der Waals surface area contributed by atoms with Crippen LogP contribution in [0.5, 0.6) is 0 Å².